The van der Waals surface area contributed by atoms with E-state index in [-0.39, 0.29) is 27.0 Å². The van der Waals surface area contributed by atoms with Gasteiger partial charge in [0, 0.05) is 48.7 Å². The number of hydrogen-bond donors (Lipinski definition) is 1. The SMILES string of the molecule is COc1ccc(Cn2cc(-c3c(F)cccc3Cl)c(=O)c3cnc(Nc4ccc5c(c4)CN(C)CC54CC4)nc32)cc1. The van der Waals surface area contributed by atoms with Crippen LogP contribution < -0.4 is 15.5 Å². The van der Waals surface area contributed by atoms with Crippen LogP contribution in [0.15, 0.2) is 77.9 Å². The number of hydrogen-bond acceptors (Lipinski definition) is 6. The first-order valence-corrected chi connectivity index (χ1v) is 14.3. The highest BCUT2D eigenvalue weighted by molar-refractivity contribution is 6.33. The molecule has 0 radical (unpaired) electrons. The predicted molar refractivity (Wildman–Crippen MR) is 163 cm³/mol. The maximum atomic E-state index is 15.0. The summed E-state index contributed by atoms with van der Waals surface area (Å²) in [5.74, 6) is 0.535. The van der Waals surface area contributed by atoms with Crippen LogP contribution in [-0.4, -0.2) is 40.1 Å². The molecule has 0 saturated heterocycles. The number of nitrogens with zero attached hydrogens (tertiary/aromatic N) is 4. The van der Waals surface area contributed by atoms with Gasteiger partial charge in [0.1, 0.15) is 17.2 Å². The summed E-state index contributed by atoms with van der Waals surface area (Å²) in [6, 6.07) is 18.5. The Hall–Kier alpha value is -4.27. The van der Waals surface area contributed by atoms with E-state index in [1.807, 2.05) is 28.8 Å². The van der Waals surface area contributed by atoms with Crippen molar-refractivity contribution in [1.29, 1.82) is 0 Å². The van der Waals surface area contributed by atoms with Crippen LogP contribution in [0.25, 0.3) is 22.2 Å². The molecule has 0 amide bonds. The molecule has 1 aliphatic heterocycles. The number of nitrogens with one attached hydrogen (secondary N) is 1. The van der Waals surface area contributed by atoms with Gasteiger partial charge in [-0.1, -0.05) is 35.9 Å². The Morgan fingerprint density at radius 1 is 1.12 bits per heavy atom. The van der Waals surface area contributed by atoms with E-state index >= 15 is 0 Å². The number of halogens is 2. The second kappa shape index (κ2) is 10.2. The molecule has 212 valence electrons. The molecule has 3 heterocycles. The van der Waals surface area contributed by atoms with Gasteiger partial charge < -0.3 is 19.5 Å². The average Bonchev–Trinajstić information content (AvgIpc) is 3.74. The molecule has 5 aromatic rings. The Labute approximate surface area is 247 Å². The van der Waals surface area contributed by atoms with E-state index in [1.165, 1.54) is 42.3 Å². The van der Waals surface area contributed by atoms with E-state index in [1.54, 1.807) is 19.4 Å². The normalized spacial score (nSPS) is 15.5. The molecule has 1 fully saturated rings. The minimum Gasteiger partial charge on any atom is -0.497 e. The van der Waals surface area contributed by atoms with E-state index in [4.69, 9.17) is 21.3 Å². The summed E-state index contributed by atoms with van der Waals surface area (Å²) in [6.07, 6.45) is 5.59. The highest BCUT2D eigenvalue weighted by Gasteiger charge is 2.48. The Kier molecular flexibility index (Phi) is 6.48. The molecule has 1 aliphatic carbocycles. The molecule has 7 nitrogen and oxygen atoms in total. The van der Waals surface area contributed by atoms with Gasteiger partial charge in [0.2, 0.25) is 11.4 Å². The van der Waals surface area contributed by atoms with Crippen LogP contribution in [0, 0.1) is 5.82 Å². The van der Waals surface area contributed by atoms with E-state index in [0.29, 0.717) is 23.6 Å². The summed E-state index contributed by atoms with van der Waals surface area (Å²) >= 11 is 6.38. The third-order valence-corrected chi connectivity index (χ3v) is 8.67. The first-order chi connectivity index (χ1) is 20.3. The van der Waals surface area contributed by atoms with Gasteiger partial charge in [0.05, 0.1) is 23.1 Å². The molecule has 2 aliphatic rings. The smallest absolute Gasteiger partial charge is 0.229 e. The van der Waals surface area contributed by atoms with Crippen molar-refractivity contribution in [3.05, 3.63) is 111 Å². The summed E-state index contributed by atoms with van der Waals surface area (Å²) in [4.78, 5) is 25.3. The second-order valence-corrected chi connectivity index (χ2v) is 11.7. The Morgan fingerprint density at radius 2 is 1.93 bits per heavy atom. The van der Waals surface area contributed by atoms with E-state index in [9.17, 15) is 9.18 Å². The van der Waals surface area contributed by atoms with Gasteiger partial charge in [-0.05, 0) is 73.0 Å². The summed E-state index contributed by atoms with van der Waals surface area (Å²) in [5.41, 5.74) is 5.15. The summed E-state index contributed by atoms with van der Waals surface area (Å²) in [6.45, 7) is 2.38. The van der Waals surface area contributed by atoms with Crippen molar-refractivity contribution in [2.45, 2.75) is 31.3 Å². The van der Waals surface area contributed by atoms with Crippen LogP contribution in [0.1, 0.15) is 29.5 Å². The molecule has 1 N–H and O–H groups in total. The van der Waals surface area contributed by atoms with Crippen molar-refractivity contribution in [3.8, 4) is 16.9 Å². The molecule has 0 bridgehead atoms. The molecule has 3 aromatic carbocycles. The Morgan fingerprint density at radius 3 is 2.67 bits per heavy atom. The minimum absolute atomic E-state index is 0.0595. The van der Waals surface area contributed by atoms with Gasteiger partial charge in [-0.3, -0.25) is 4.79 Å². The zero-order valence-corrected chi connectivity index (χ0v) is 24.1. The first kappa shape index (κ1) is 26.6. The van der Waals surface area contributed by atoms with Crippen LogP contribution in [0.3, 0.4) is 0 Å². The quantitative estimate of drug-likeness (QED) is 0.246. The number of likely N-dealkylation sites (N-methyl/N-ethyl adjacent to an activating group) is 1. The van der Waals surface area contributed by atoms with E-state index in [0.717, 1.165) is 30.1 Å². The molecule has 9 heteroatoms. The largest absolute Gasteiger partial charge is 0.497 e. The molecule has 7 rings (SSSR count). The number of fused-ring (bicyclic) bond motifs is 3. The Bertz CT molecular complexity index is 1880. The topological polar surface area (TPSA) is 72.3 Å². The van der Waals surface area contributed by atoms with Gasteiger partial charge in [-0.25, -0.2) is 9.37 Å². The fourth-order valence-corrected chi connectivity index (χ4v) is 6.45. The maximum absolute atomic E-state index is 15.0. The van der Waals surface area contributed by atoms with Crippen molar-refractivity contribution in [1.82, 2.24) is 19.4 Å². The lowest BCUT2D eigenvalue weighted by atomic mass is 9.87. The third-order valence-electron chi connectivity index (χ3n) is 8.36. The molecule has 42 heavy (non-hydrogen) atoms. The fraction of sp³-hybridized carbons (Fsp3) is 0.242. The second-order valence-electron chi connectivity index (χ2n) is 11.3. The molecule has 0 atom stereocenters. The van der Waals surface area contributed by atoms with Crippen molar-refractivity contribution in [2.24, 2.45) is 0 Å². The molecule has 1 saturated carbocycles. The summed E-state index contributed by atoms with van der Waals surface area (Å²) in [5, 5.41) is 3.78. The van der Waals surface area contributed by atoms with Crippen molar-refractivity contribution < 1.29 is 9.13 Å². The lowest BCUT2D eigenvalue weighted by Gasteiger charge is -2.32. The van der Waals surface area contributed by atoms with Crippen molar-refractivity contribution >= 4 is 34.3 Å². The zero-order chi connectivity index (χ0) is 29.0. The van der Waals surface area contributed by atoms with Crippen molar-refractivity contribution in [3.63, 3.8) is 0 Å². The monoisotopic (exact) mass is 581 g/mol. The highest BCUT2D eigenvalue weighted by atomic mass is 35.5. The number of pyridine rings is 1. The van der Waals surface area contributed by atoms with Crippen LogP contribution >= 0.6 is 11.6 Å². The number of anilines is 2. The lowest BCUT2D eigenvalue weighted by Crippen LogP contribution is -2.35. The number of ether oxygens (including phenoxy) is 1. The standard InChI is InChI=1S/C33H29ClFN5O2/c1-39-17-21-14-22(8-11-26(21)33(19-39)12-13-33)37-32-36-15-24-30(41)25(29-27(34)4-3-5-28(29)35)18-40(31(24)38-32)16-20-6-9-23(42-2)10-7-20/h3-11,14-15,18H,12-13,16-17,19H2,1-2H3,(H,36,37,38). The van der Waals surface area contributed by atoms with E-state index < -0.39 is 5.82 Å². The number of benzene rings is 3. The van der Waals surface area contributed by atoms with Crippen LogP contribution in [0.5, 0.6) is 5.75 Å². The zero-order valence-electron chi connectivity index (χ0n) is 23.3. The van der Waals surface area contributed by atoms with Crippen LogP contribution in [0.4, 0.5) is 16.0 Å². The number of rotatable bonds is 6. The number of aromatic nitrogens is 3. The molecular weight excluding hydrogens is 553 g/mol. The van der Waals surface area contributed by atoms with Crippen molar-refractivity contribution in [2.75, 3.05) is 26.0 Å². The molecule has 1 spiro atoms. The van der Waals surface area contributed by atoms with Gasteiger partial charge in [0.15, 0.2) is 0 Å². The third kappa shape index (κ3) is 4.70. The predicted octanol–water partition coefficient (Wildman–Crippen LogP) is 6.53. The lowest BCUT2D eigenvalue weighted by molar-refractivity contribution is 0.271. The summed E-state index contributed by atoms with van der Waals surface area (Å²) < 4.78 is 22.1. The van der Waals surface area contributed by atoms with E-state index in [2.05, 4.69) is 40.4 Å². The van der Waals surface area contributed by atoms with Crippen LogP contribution in [0.2, 0.25) is 5.02 Å². The van der Waals surface area contributed by atoms with Crippen LogP contribution in [-0.2, 0) is 18.5 Å². The van der Waals surface area contributed by atoms with Gasteiger partial charge >= 0.3 is 0 Å². The molecule has 2 aromatic heterocycles. The first-order valence-electron chi connectivity index (χ1n) is 13.9. The fourth-order valence-electron chi connectivity index (χ4n) is 6.19. The molecular formula is C33H29ClFN5O2. The maximum Gasteiger partial charge on any atom is 0.229 e. The number of methoxy groups -OCH3 is 1. The van der Waals surface area contributed by atoms with Gasteiger partial charge in [-0.15, -0.1) is 0 Å². The summed E-state index contributed by atoms with van der Waals surface area (Å²) in [7, 11) is 3.78. The highest BCUT2D eigenvalue weighted by Crippen LogP contribution is 2.52. The minimum atomic E-state index is -0.569. The van der Waals surface area contributed by atoms with Gasteiger partial charge in [-0.2, -0.15) is 4.98 Å². The van der Waals surface area contributed by atoms with Gasteiger partial charge in [0.25, 0.3) is 0 Å². The Balaban J connectivity index is 1.32. The average molecular weight is 582 g/mol. The molecule has 0 unspecified atom stereocenters.